The molecule has 0 aromatic heterocycles. The lowest BCUT2D eigenvalue weighted by atomic mass is 9.98. The predicted molar refractivity (Wildman–Crippen MR) is 123 cm³/mol. The third-order valence-electron chi connectivity index (χ3n) is 7.27. The molecule has 3 aliphatic heterocycles. The van der Waals surface area contributed by atoms with Gasteiger partial charge in [0.05, 0.1) is 19.3 Å². The van der Waals surface area contributed by atoms with E-state index in [0.29, 0.717) is 24.9 Å². The molecule has 32 heavy (non-hydrogen) atoms. The van der Waals surface area contributed by atoms with Gasteiger partial charge >= 0.3 is 6.03 Å². The molecule has 0 N–H and O–H groups in total. The van der Waals surface area contributed by atoms with Crippen molar-refractivity contribution in [3.8, 4) is 5.75 Å². The van der Waals surface area contributed by atoms with Crippen molar-refractivity contribution >= 4 is 11.9 Å². The van der Waals surface area contributed by atoms with Crippen LogP contribution in [-0.4, -0.2) is 85.2 Å². The first-order chi connectivity index (χ1) is 15.5. The Kier molecular flexibility index (Phi) is 7.23. The third-order valence-corrected chi connectivity index (χ3v) is 7.27. The van der Waals surface area contributed by atoms with Crippen molar-refractivity contribution in [1.82, 2.24) is 14.7 Å². The lowest BCUT2D eigenvalue weighted by molar-refractivity contribution is -0.135. The van der Waals surface area contributed by atoms with Gasteiger partial charge in [-0.2, -0.15) is 0 Å². The van der Waals surface area contributed by atoms with Crippen LogP contribution >= 0.6 is 0 Å². The van der Waals surface area contributed by atoms with Crippen LogP contribution in [0.4, 0.5) is 4.79 Å². The van der Waals surface area contributed by atoms with Crippen molar-refractivity contribution in [2.45, 2.75) is 75.7 Å². The summed E-state index contributed by atoms with van der Waals surface area (Å²) < 4.78 is 11.9. The van der Waals surface area contributed by atoms with Crippen molar-refractivity contribution in [1.29, 1.82) is 0 Å². The number of methoxy groups -OCH3 is 1. The average Bonchev–Trinajstić information content (AvgIpc) is 3.07. The van der Waals surface area contributed by atoms with E-state index in [0.717, 1.165) is 62.9 Å². The van der Waals surface area contributed by atoms with E-state index in [4.69, 9.17) is 9.47 Å². The van der Waals surface area contributed by atoms with Crippen molar-refractivity contribution in [3.05, 3.63) is 29.8 Å². The van der Waals surface area contributed by atoms with Gasteiger partial charge in [-0.15, -0.1) is 0 Å². The van der Waals surface area contributed by atoms with Gasteiger partial charge < -0.3 is 24.2 Å². The van der Waals surface area contributed by atoms with Crippen LogP contribution in [0.25, 0.3) is 0 Å². The second kappa shape index (κ2) is 10.1. The van der Waals surface area contributed by atoms with E-state index in [2.05, 4.69) is 4.90 Å². The number of piperidine rings is 2. The maximum atomic E-state index is 12.7. The van der Waals surface area contributed by atoms with Gasteiger partial charge in [-0.05, 0) is 56.6 Å². The Hall–Kier alpha value is -2.28. The van der Waals surface area contributed by atoms with Crippen molar-refractivity contribution < 1.29 is 19.1 Å². The number of nitrogens with zero attached hydrogens (tertiary/aromatic N) is 3. The topological polar surface area (TPSA) is 62.3 Å². The minimum absolute atomic E-state index is 0.135. The summed E-state index contributed by atoms with van der Waals surface area (Å²) in [6.07, 6.45) is 7.50. The molecule has 7 nitrogen and oxygen atoms in total. The quantitative estimate of drug-likeness (QED) is 0.677. The first-order valence-corrected chi connectivity index (χ1v) is 12.0. The molecule has 0 spiro atoms. The zero-order valence-corrected chi connectivity index (χ0v) is 19.7. The molecule has 3 saturated heterocycles. The number of carbonyl (C=O) groups excluding carboxylic acids is 2. The molecule has 0 saturated carbocycles. The molecule has 3 heterocycles. The Morgan fingerprint density at radius 2 is 1.66 bits per heavy atom. The SMILES string of the molecule is COc1ccccc1CCC(=O)N1CCC(OC2C[C@H]3CC[C@@H](C2)N3C(=O)N(C)C)CC1. The molecule has 3 aliphatic rings. The fraction of sp³-hybridized carbons (Fsp3) is 0.680. The maximum absolute atomic E-state index is 12.7. The van der Waals surface area contributed by atoms with Crippen molar-refractivity contribution in [2.75, 3.05) is 34.3 Å². The minimum atomic E-state index is 0.135. The minimum Gasteiger partial charge on any atom is -0.496 e. The summed E-state index contributed by atoms with van der Waals surface area (Å²) in [4.78, 5) is 31.0. The summed E-state index contributed by atoms with van der Waals surface area (Å²) in [6, 6.07) is 8.65. The first-order valence-electron chi connectivity index (χ1n) is 12.0. The number of hydrogen-bond donors (Lipinski definition) is 0. The molecule has 3 amide bonds. The highest BCUT2D eigenvalue weighted by Crippen LogP contribution is 2.38. The van der Waals surface area contributed by atoms with Crippen LogP contribution in [0, 0.1) is 0 Å². The summed E-state index contributed by atoms with van der Waals surface area (Å²) in [5.41, 5.74) is 1.08. The number of ether oxygens (including phenoxy) is 2. The van der Waals surface area contributed by atoms with Gasteiger partial charge in [0, 0.05) is 45.7 Å². The normalized spacial score (nSPS) is 25.7. The van der Waals surface area contributed by atoms with Crippen LogP contribution < -0.4 is 4.74 Å². The van der Waals surface area contributed by atoms with Crippen LogP contribution in [0.2, 0.25) is 0 Å². The van der Waals surface area contributed by atoms with Gasteiger partial charge in [0.2, 0.25) is 5.91 Å². The lowest BCUT2D eigenvalue weighted by Gasteiger charge is -2.42. The van der Waals surface area contributed by atoms with Crippen LogP contribution in [0.3, 0.4) is 0 Å². The summed E-state index contributed by atoms with van der Waals surface area (Å²) in [5.74, 6) is 1.06. The van der Waals surface area contributed by atoms with Gasteiger partial charge in [-0.1, -0.05) is 18.2 Å². The van der Waals surface area contributed by atoms with Gasteiger partial charge in [-0.25, -0.2) is 4.79 Å². The number of benzene rings is 1. The highest BCUT2D eigenvalue weighted by Gasteiger charge is 2.44. The number of aryl methyl sites for hydroxylation is 1. The number of amides is 3. The van der Waals surface area contributed by atoms with E-state index in [9.17, 15) is 9.59 Å². The van der Waals surface area contributed by atoms with Crippen LogP contribution in [-0.2, 0) is 16.0 Å². The molecule has 1 aromatic carbocycles. The van der Waals surface area contributed by atoms with Crippen molar-refractivity contribution in [2.24, 2.45) is 0 Å². The number of para-hydroxylation sites is 1. The average molecular weight is 444 g/mol. The molecule has 0 radical (unpaired) electrons. The highest BCUT2D eigenvalue weighted by atomic mass is 16.5. The fourth-order valence-corrected chi connectivity index (χ4v) is 5.60. The predicted octanol–water partition coefficient (Wildman–Crippen LogP) is 3.31. The van der Waals surface area contributed by atoms with Gasteiger partial charge in [-0.3, -0.25) is 4.79 Å². The van der Waals surface area contributed by atoms with E-state index in [1.165, 1.54) is 0 Å². The molecule has 2 bridgehead atoms. The number of likely N-dealkylation sites (tertiary alicyclic amines) is 1. The Balaban J connectivity index is 1.21. The van der Waals surface area contributed by atoms with E-state index in [1.54, 1.807) is 12.0 Å². The summed E-state index contributed by atoms with van der Waals surface area (Å²) in [6.45, 7) is 1.53. The van der Waals surface area contributed by atoms with Crippen LogP contribution in [0.5, 0.6) is 5.75 Å². The van der Waals surface area contributed by atoms with Crippen LogP contribution in [0.1, 0.15) is 50.5 Å². The highest BCUT2D eigenvalue weighted by molar-refractivity contribution is 5.76. The van der Waals surface area contributed by atoms with Gasteiger partial charge in [0.1, 0.15) is 5.75 Å². The summed E-state index contributed by atoms with van der Waals surface area (Å²) in [7, 11) is 5.33. The number of hydrogen-bond acceptors (Lipinski definition) is 4. The summed E-state index contributed by atoms with van der Waals surface area (Å²) in [5, 5.41) is 0. The molecule has 7 heteroatoms. The molecule has 4 rings (SSSR count). The number of urea groups is 1. The Morgan fingerprint density at radius 1 is 1.00 bits per heavy atom. The number of carbonyl (C=O) groups is 2. The molecular weight excluding hydrogens is 406 g/mol. The Labute approximate surface area is 191 Å². The van der Waals surface area contributed by atoms with E-state index < -0.39 is 0 Å². The number of rotatable bonds is 6. The van der Waals surface area contributed by atoms with Gasteiger partial charge in [0.15, 0.2) is 0 Å². The second-order valence-corrected chi connectivity index (χ2v) is 9.59. The monoisotopic (exact) mass is 443 g/mol. The lowest BCUT2D eigenvalue weighted by Crippen LogP contribution is -2.52. The standard InChI is InChI=1S/C25H37N3O4/c1-26(2)25(30)28-19-9-10-20(28)17-22(16-19)32-21-12-14-27(15-13-21)24(29)11-8-18-6-4-5-7-23(18)31-3/h4-7,19-22H,8-17H2,1-3H3/t19-,20+,22?. The zero-order chi connectivity index (χ0) is 22.7. The molecule has 176 valence electrons. The van der Waals surface area contributed by atoms with Gasteiger partial charge in [0.25, 0.3) is 0 Å². The fourth-order valence-electron chi connectivity index (χ4n) is 5.60. The first kappa shape index (κ1) is 22.9. The van der Waals surface area contributed by atoms with E-state index >= 15 is 0 Å². The van der Waals surface area contributed by atoms with E-state index in [1.807, 2.05) is 43.3 Å². The Bertz CT molecular complexity index is 792. The Morgan fingerprint density at radius 3 is 2.28 bits per heavy atom. The molecule has 1 aromatic rings. The zero-order valence-electron chi connectivity index (χ0n) is 19.7. The van der Waals surface area contributed by atoms with Crippen LogP contribution in [0.15, 0.2) is 24.3 Å². The third kappa shape index (κ3) is 5.03. The maximum Gasteiger partial charge on any atom is 0.319 e. The molecule has 1 unspecified atom stereocenters. The molecule has 3 atom stereocenters. The molecular formula is C25H37N3O4. The molecule has 0 aliphatic carbocycles. The second-order valence-electron chi connectivity index (χ2n) is 9.59. The van der Waals surface area contributed by atoms with E-state index in [-0.39, 0.29) is 24.1 Å². The summed E-state index contributed by atoms with van der Waals surface area (Å²) >= 11 is 0. The smallest absolute Gasteiger partial charge is 0.319 e. The largest absolute Gasteiger partial charge is 0.496 e. The number of fused-ring (bicyclic) bond motifs is 2. The van der Waals surface area contributed by atoms with Crippen molar-refractivity contribution in [3.63, 3.8) is 0 Å². The molecule has 3 fully saturated rings.